The SMILES string of the molecule is O=C1C=CCC2c3cccc4cccc(c34)C12. The molecule has 0 aliphatic heterocycles. The molecule has 1 heteroatoms. The number of carbonyl (C=O) groups is 1. The van der Waals surface area contributed by atoms with E-state index in [0.717, 1.165) is 6.42 Å². The van der Waals surface area contributed by atoms with Gasteiger partial charge in [-0.05, 0) is 34.4 Å². The van der Waals surface area contributed by atoms with Gasteiger partial charge in [-0.1, -0.05) is 42.5 Å². The van der Waals surface area contributed by atoms with Crippen LogP contribution in [0.5, 0.6) is 0 Å². The summed E-state index contributed by atoms with van der Waals surface area (Å²) in [6, 6.07) is 12.7. The topological polar surface area (TPSA) is 17.1 Å². The molecule has 2 aromatic carbocycles. The van der Waals surface area contributed by atoms with Gasteiger partial charge >= 0.3 is 0 Å². The number of fused-ring (bicyclic) bond motifs is 3. The lowest BCUT2D eigenvalue weighted by atomic mass is 9.80. The maximum atomic E-state index is 12.1. The highest BCUT2D eigenvalue weighted by molar-refractivity contribution is 6.04. The van der Waals surface area contributed by atoms with Crippen LogP contribution in [0.3, 0.4) is 0 Å². The van der Waals surface area contributed by atoms with Gasteiger partial charge in [-0.25, -0.2) is 0 Å². The maximum Gasteiger partial charge on any atom is 0.163 e. The van der Waals surface area contributed by atoms with Crippen LogP contribution in [0.15, 0.2) is 48.6 Å². The normalized spacial score (nSPS) is 25.3. The highest BCUT2D eigenvalue weighted by atomic mass is 16.1. The molecule has 82 valence electrons. The second-order valence-corrected chi connectivity index (χ2v) is 4.92. The first-order chi connectivity index (χ1) is 8.36. The molecule has 0 bridgehead atoms. The Kier molecular flexibility index (Phi) is 1.66. The van der Waals surface area contributed by atoms with Crippen molar-refractivity contribution in [3.8, 4) is 0 Å². The third-order valence-electron chi connectivity index (χ3n) is 4.08. The molecule has 0 radical (unpaired) electrons. The van der Waals surface area contributed by atoms with E-state index >= 15 is 0 Å². The third-order valence-corrected chi connectivity index (χ3v) is 4.08. The van der Waals surface area contributed by atoms with Gasteiger partial charge in [0.1, 0.15) is 0 Å². The van der Waals surface area contributed by atoms with Crippen LogP contribution in [-0.2, 0) is 4.79 Å². The Bertz CT molecular complexity index is 661. The molecular formula is C16H12O. The van der Waals surface area contributed by atoms with Crippen LogP contribution in [0, 0.1) is 0 Å². The first-order valence-corrected chi connectivity index (χ1v) is 6.08. The first kappa shape index (κ1) is 9.17. The van der Waals surface area contributed by atoms with E-state index in [4.69, 9.17) is 0 Å². The van der Waals surface area contributed by atoms with E-state index in [2.05, 4.69) is 36.4 Å². The van der Waals surface area contributed by atoms with Crippen LogP contribution in [-0.4, -0.2) is 5.78 Å². The fourth-order valence-corrected chi connectivity index (χ4v) is 3.41. The van der Waals surface area contributed by atoms with Crippen LogP contribution < -0.4 is 0 Å². The molecule has 0 saturated heterocycles. The summed E-state index contributed by atoms with van der Waals surface area (Å²) < 4.78 is 0. The lowest BCUT2D eigenvalue weighted by Gasteiger charge is -2.21. The molecule has 2 unspecified atom stereocenters. The van der Waals surface area contributed by atoms with Gasteiger partial charge in [0.2, 0.25) is 0 Å². The van der Waals surface area contributed by atoms with Gasteiger partial charge in [0.05, 0.1) is 5.92 Å². The Hall–Kier alpha value is -1.89. The minimum Gasteiger partial charge on any atom is -0.294 e. The Morgan fingerprint density at radius 3 is 2.59 bits per heavy atom. The van der Waals surface area contributed by atoms with E-state index in [-0.39, 0.29) is 11.7 Å². The summed E-state index contributed by atoms with van der Waals surface area (Å²) in [6.07, 6.45) is 4.77. The fraction of sp³-hybridized carbons (Fsp3) is 0.188. The van der Waals surface area contributed by atoms with Crippen LogP contribution in [0.1, 0.15) is 29.4 Å². The molecule has 1 nitrogen and oxygen atoms in total. The summed E-state index contributed by atoms with van der Waals surface area (Å²) in [6.45, 7) is 0. The van der Waals surface area contributed by atoms with Gasteiger partial charge in [-0.3, -0.25) is 4.79 Å². The van der Waals surface area contributed by atoms with Crippen molar-refractivity contribution in [3.63, 3.8) is 0 Å². The summed E-state index contributed by atoms with van der Waals surface area (Å²) in [5, 5.41) is 2.59. The van der Waals surface area contributed by atoms with Crippen LogP contribution in [0.4, 0.5) is 0 Å². The smallest absolute Gasteiger partial charge is 0.163 e. The Morgan fingerprint density at radius 2 is 1.76 bits per heavy atom. The largest absolute Gasteiger partial charge is 0.294 e. The van der Waals surface area contributed by atoms with Crippen molar-refractivity contribution < 1.29 is 4.79 Å². The van der Waals surface area contributed by atoms with E-state index in [9.17, 15) is 4.79 Å². The zero-order valence-electron chi connectivity index (χ0n) is 9.39. The van der Waals surface area contributed by atoms with Gasteiger partial charge in [-0.15, -0.1) is 0 Å². The lowest BCUT2D eigenvalue weighted by Crippen LogP contribution is -2.17. The van der Waals surface area contributed by atoms with Crippen molar-refractivity contribution in [2.75, 3.05) is 0 Å². The molecule has 0 N–H and O–H groups in total. The molecule has 4 rings (SSSR count). The van der Waals surface area contributed by atoms with Crippen molar-refractivity contribution in [2.24, 2.45) is 0 Å². The second kappa shape index (κ2) is 3.07. The van der Waals surface area contributed by atoms with Crippen LogP contribution in [0.2, 0.25) is 0 Å². The predicted octanol–water partition coefficient (Wildman–Crippen LogP) is 3.55. The summed E-state index contributed by atoms with van der Waals surface area (Å²) in [5.41, 5.74) is 2.60. The first-order valence-electron chi connectivity index (χ1n) is 6.08. The molecule has 0 aromatic heterocycles. The van der Waals surface area contributed by atoms with Crippen molar-refractivity contribution >= 4 is 16.6 Å². The molecular weight excluding hydrogens is 208 g/mol. The van der Waals surface area contributed by atoms with Crippen LogP contribution in [0.25, 0.3) is 10.8 Å². The highest BCUT2D eigenvalue weighted by Crippen LogP contribution is 2.50. The van der Waals surface area contributed by atoms with Gasteiger partial charge < -0.3 is 0 Å². The van der Waals surface area contributed by atoms with E-state index in [1.807, 2.05) is 6.08 Å². The zero-order valence-corrected chi connectivity index (χ0v) is 9.39. The number of ketones is 1. The summed E-state index contributed by atoms with van der Waals surface area (Å²) in [4.78, 5) is 12.1. The Balaban J connectivity index is 2.11. The molecule has 2 aliphatic rings. The molecule has 0 amide bonds. The summed E-state index contributed by atoms with van der Waals surface area (Å²) in [5.74, 6) is 0.708. The van der Waals surface area contributed by atoms with Gasteiger partial charge in [-0.2, -0.15) is 0 Å². The molecule has 17 heavy (non-hydrogen) atoms. The van der Waals surface area contributed by atoms with Gasteiger partial charge in [0.25, 0.3) is 0 Å². The number of carbonyl (C=O) groups excluding carboxylic acids is 1. The quantitative estimate of drug-likeness (QED) is 0.663. The number of hydrogen-bond donors (Lipinski definition) is 0. The van der Waals surface area contributed by atoms with E-state index in [1.54, 1.807) is 6.08 Å². The molecule has 2 atom stereocenters. The summed E-state index contributed by atoms with van der Waals surface area (Å²) in [7, 11) is 0. The standard InChI is InChI=1S/C16H12O/c17-14-9-3-7-12-11-6-1-4-10-5-2-8-13(15(10)11)16(12)14/h1-6,8-9,12,16H,7H2. The second-order valence-electron chi connectivity index (χ2n) is 4.92. The highest BCUT2D eigenvalue weighted by Gasteiger charge is 2.38. The van der Waals surface area contributed by atoms with Crippen molar-refractivity contribution in [3.05, 3.63) is 59.7 Å². The number of rotatable bonds is 0. The van der Waals surface area contributed by atoms with Gasteiger partial charge in [0, 0.05) is 5.92 Å². The Labute approximate surface area is 99.8 Å². The average Bonchev–Trinajstić information content (AvgIpc) is 2.69. The molecule has 2 aliphatic carbocycles. The van der Waals surface area contributed by atoms with Crippen LogP contribution >= 0.6 is 0 Å². The van der Waals surface area contributed by atoms with Gasteiger partial charge in [0.15, 0.2) is 5.78 Å². The molecule has 0 fully saturated rings. The Morgan fingerprint density at radius 1 is 1.00 bits per heavy atom. The number of benzene rings is 2. The number of allylic oxidation sites excluding steroid dienone is 2. The average molecular weight is 220 g/mol. The minimum absolute atomic E-state index is 0.0705. The molecule has 0 spiro atoms. The van der Waals surface area contributed by atoms with Crippen molar-refractivity contribution in [1.82, 2.24) is 0 Å². The molecule has 0 heterocycles. The van der Waals surface area contributed by atoms with E-state index in [0.29, 0.717) is 5.92 Å². The minimum atomic E-state index is 0.0705. The maximum absolute atomic E-state index is 12.1. The monoisotopic (exact) mass is 220 g/mol. The van der Waals surface area contributed by atoms with Crippen molar-refractivity contribution in [1.29, 1.82) is 0 Å². The van der Waals surface area contributed by atoms with E-state index < -0.39 is 0 Å². The van der Waals surface area contributed by atoms with E-state index in [1.165, 1.54) is 21.9 Å². The predicted molar refractivity (Wildman–Crippen MR) is 68.2 cm³/mol. The third kappa shape index (κ3) is 1.06. The molecule has 0 saturated carbocycles. The lowest BCUT2D eigenvalue weighted by molar-refractivity contribution is -0.116. The van der Waals surface area contributed by atoms with Crippen molar-refractivity contribution in [2.45, 2.75) is 18.3 Å². The zero-order chi connectivity index (χ0) is 11.4. The summed E-state index contributed by atoms with van der Waals surface area (Å²) >= 11 is 0. The number of hydrogen-bond acceptors (Lipinski definition) is 1. The fourth-order valence-electron chi connectivity index (χ4n) is 3.41. The molecule has 2 aromatic rings.